The maximum Gasteiger partial charge on any atom is 0.410 e. The van der Waals surface area contributed by atoms with Crippen molar-refractivity contribution in [3.8, 4) is 0 Å². The largest absolute Gasteiger partial charge is 0.480 e. The van der Waals surface area contributed by atoms with E-state index in [1.165, 1.54) is 4.90 Å². The molecule has 0 spiro atoms. The van der Waals surface area contributed by atoms with Gasteiger partial charge in [-0.05, 0) is 52.4 Å². The van der Waals surface area contributed by atoms with Crippen LogP contribution in [-0.2, 0) is 19.1 Å². The van der Waals surface area contributed by atoms with Gasteiger partial charge in [-0.2, -0.15) is 0 Å². The zero-order chi connectivity index (χ0) is 23.3. The standard InChI is InChI=1S/C22H37N3O6/c1-6-14(2)17(20(28)29)23-18(26)15-9-12-24(13-10-15)19(27)16-8-7-11-25(16)21(30)31-22(3,4)5/h14-17H,6-13H2,1-5H3,(H,23,26)(H,28,29). The van der Waals surface area contributed by atoms with Crippen molar-refractivity contribution in [2.24, 2.45) is 11.8 Å². The molecule has 2 heterocycles. The molecule has 3 unspecified atom stereocenters. The van der Waals surface area contributed by atoms with E-state index in [4.69, 9.17) is 4.74 Å². The summed E-state index contributed by atoms with van der Waals surface area (Å²) < 4.78 is 5.44. The second-order valence-corrected chi connectivity index (χ2v) is 9.64. The zero-order valence-corrected chi connectivity index (χ0v) is 19.3. The topological polar surface area (TPSA) is 116 Å². The Kier molecular flexibility index (Phi) is 8.31. The van der Waals surface area contributed by atoms with E-state index in [-0.39, 0.29) is 23.7 Å². The lowest BCUT2D eigenvalue weighted by atomic mass is 9.93. The fourth-order valence-corrected chi connectivity index (χ4v) is 4.09. The van der Waals surface area contributed by atoms with Crippen LogP contribution in [0.3, 0.4) is 0 Å². The highest BCUT2D eigenvalue weighted by Crippen LogP contribution is 2.25. The molecule has 9 heteroatoms. The van der Waals surface area contributed by atoms with E-state index in [0.717, 1.165) is 6.42 Å². The maximum atomic E-state index is 13.1. The van der Waals surface area contributed by atoms with Crippen LogP contribution >= 0.6 is 0 Å². The minimum Gasteiger partial charge on any atom is -0.480 e. The van der Waals surface area contributed by atoms with Crippen LogP contribution in [0.15, 0.2) is 0 Å². The summed E-state index contributed by atoms with van der Waals surface area (Å²) in [5, 5.41) is 12.1. The Morgan fingerprint density at radius 1 is 1.10 bits per heavy atom. The quantitative estimate of drug-likeness (QED) is 0.656. The average Bonchev–Trinajstić information content (AvgIpc) is 3.19. The minimum atomic E-state index is -1.03. The Labute approximate surface area is 184 Å². The summed E-state index contributed by atoms with van der Waals surface area (Å²) in [4.78, 5) is 52.8. The van der Waals surface area contributed by atoms with Gasteiger partial charge >= 0.3 is 12.1 Å². The molecule has 9 nitrogen and oxygen atoms in total. The fraction of sp³-hybridized carbons (Fsp3) is 0.818. The van der Waals surface area contributed by atoms with Gasteiger partial charge in [-0.15, -0.1) is 0 Å². The molecular formula is C22H37N3O6. The average molecular weight is 440 g/mol. The number of carboxylic acids is 1. The zero-order valence-electron chi connectivity index (χ0n) is 19.3. The molecule has 2 aliphatic heterocycles. The van der Waals surface area contributed by atoms with E-state index in [9.17, 15) is 24.3 Å². The number of hydrogen-bond donors (Lipinski definition) is 2. The first-order valence-electron chi connectivity index (χ1n) is 11.3. The summed E-state index contributed by atoms with van der Waals surface area (Å²) in [7, 11) is 0. The van der Waals surface area contributed by atoms with Gasteiger partial charge in [0, 0.05) is 25.6 Å². The molecule has 2 rings (SSSR count). The summed E-state index contributed by atoms with van der Waals surface area (Å²) in [5.74, 6) is -1.88. The van der Waals surface area contributed by atoms with Gasteiger partial charge in [0.25, 0.3) is 0 Å². The molecule has 0 aromatic rings. The Hall–Kier alpha value is -2.32. The number of ether oxygens (including phenoxy) is 1. The highest BCUT2D eigenvalue weighted by Gasteiger charge is 2.40. The van der Waals surface area contributed by atoms with Gasteiger partial charge in [0.05, 0.1) is 0 Å². The highest BCUT2D eigenvalue weighted by molar-refractivity contribution is 5.87. The Morgan fingerprint density at radius 3 is 2.23 bits per heavy atom. The number of likely N-dealkylation sites (tertiary alicyclic amines) is 2. The van der Waals surface area contributed by atoms with Crippen LogP contribution in [-0.4, -0.2) is 76.1 Å². The van der Waals surface area contributed by atoms with Crippen molar-refractivity contribution in [2.75, 3.05) is 19.6 Å². The summed E-state index contributed by atoms with van der Waals surface area (Å²) >= 11 is 0. The predicted octanol–water partition coefficient (Wildman–Crippen LogP) is 2.24. The van der Waals surface area contributed by atoms with Gasteiger partial charge in [-0.3, -0.25) is 14.5 Å². The van der Waals surface area contributed by atoms with Crippen LogP contribution in [0.5, 0.6) is 0 Å². The molecule has 2 fully saturated rings. The number of nitrogens with zero attached hydrogens (tertiary/aromatic N) is 2. The summed E-state index contributed by atoms with van der Waals surface area (Å²) in [6, 6.07) is -1.43. The third-order valence-corrected chi connectivity index (χ3v) is 6.12. The van der Waals surface area contributed by atoms with Crippen molar-refractivity contribution in [1.29, 1.82) is 0 Å². The summed E-state index contributed by atoms with van der Waals surface area (Å²) in [6.45, 7) is 10.4. The summed E-state index contributed by atoms with van der Waals surface area (Å²) in [5.41, 5.74) is -0.623. The van der Waals surface area contributed by atoms with E-state index >= 15 is 0 Å². The summed E-state index contributed by atoms with van der Waals surface area (Å²) in [6.07, 6.45) is 2.49. The molecule has 0 bridgehead atoms. The Morgan fingerprint density at radius 2 is 1.71 bits per heavy atom. The number of rotatable bonds is 6. The lowest BCUT2D eigenvalue weighted by Crippen LogP contribution is -2.53. The molecule has 0 radical (unpaired) electrons. The first kappa shape index (κ1) is 24.9. The lowest BCUT2D eigenvalue weighted by Gasteiger charge is -2.35. The van der Waals surface area contributed by atoms with Gasteiger partial charge in [-0.25, -0.2) is 9.59 Å². The van der Waals surface area contributed by atoms with Crippen LogP contribution in [0, 0.1) is 11.8 Å². The highest BCUT2D eigenvalue weighted by atomic mass is 16.6. The predicted molar refractivity (Wildman–Crippen MR) is 114 cm³/mol. The van der Waals surface area contributed by atoms with Crippen molar-refractivity contribution in [2.45, 2.75) is 84.4 Å². The number of amides is 3. The fourth-order valence-electron chi connectivity index (χ4n) is 4.09. The van der Waals surface area contributed by atoms with E-state index in [2.05, 4.69) is 5.32 Å². The Balaban J connectivity index is 1.91. The van der Waals surface area contributed by atoms with Crippen molar-refractivity contribution in [1.82, 2.24) is 15.1 Å². The number of hydrogen-bond acceptors (Lipinski definition) is 5. The second-order valence-electron chi connectivity index (χ2n) is 9.64. The molecule has 0 aromatic heterocycles. The molecule has 176 valence electrons. The molecule has 0 aromatic carbocycles. The molecule has 0 saturated carbocycles. The molecule has 2 N–H and O–H groups in total. The van der Waals surface area contributed by atoms with Crippen LogP contribution in [0.1, 0.15) is 66.7 Å². The van der Waals surface area contributed by atoms with Crippen molar-refractivity contribution < 1.29 is 29.0 Å². The number of carboxylic acid groups (broad SMARTS) is 1. The van der Waals surface area contributed by atoms with E-state index < -0.39 is 29.7 Å². The third kappa shape index (κ3) is 6.58. The van der Waals surface area contributed by atoms with Crippen molar-refractivity contribution in [3.05, 3.63) is 0 Å². The molecule has 31 heavy (non-hydrogen) atoms. The molecular weight excluding hydrogens is 402 g/mol. The van der Waals surface area contributed by atoms with Gasteiger partial charge in [-0.1, -0.05) is 20.3 Å². The van der Waals surface area contributed by atoms with Crippen molar-refractivity contribution >= 4 is 23.9 Å². The van der Waals surface area contributed by atoms with Crippen LogP contribution in [0.2, 0.25) is 0 Å². The van der Waals surface area contributed by atoms with Crippen LogP contribution in [0.4, 0.5) is 4.79 Å². The molecule has 3 amide bonds. The third-order valence-electron chi connectivity index (χ3n) is 6.12. The first-order valence-corrected chi connectivity index (χ1v) is 11.3. The smallest absolute Gasteiger partial charge is 0.410 e. The minimum absolute atomic E-state index is 0.106. The molecule has 3 atom stereocenters. The number of carbonyl (C=O) groups excluding carboxylic acids is 3. The normalized spacial score (nSPS) is 22.0. The number of aliphatic carboxylic acids is 1. The van der Waals surface area contributed by atoms with E-state index in [1.807, 2.05) is 6.92 Å². The SMILES string of the molecule is CCC(C)C(NC(=O)C1CCN(C(=O)C2CCCN2C(=O)OC(C)(C)C)CC1)C(=O)O. The second kappa shape index (κ2) is 10.3. The number of nitrogens with one attached hydrogen (secondary N) is 1. The molecule has 2 aliphatic rings. The monoisotopic (exact) mass is 439 g/mol. The Bertz CT molecular complexity index is 681. The van der Waals surface area contributed by atoms with E-state index in [1.54, 1.807) is 32.6 Å². The van der Waals surface area contributed by atoms with Crippen molar-refractivity contribution in [3.63, 3.8) is 0 Å². The first-order chi connectivity index (χ1) is 14.4. The molecule has 2 saturated heterocycles. The van der Waals surface area contributed by atoms with Gasteiger partial charge in [0.2, 0.25) is 11.8 Å². The van der Waals surface area contributed by atoms with Crippen LogP contribution in [0.25, 0.3) is 0 Å². The van der Waals surface area contributed by atoms with E-state index in [0.29, 0.717) is 45.3 Å². The van der Waals surface area contributed by atoms with Gasteiger partial charge < -0.3 is 20.1 Å². The molecule has 0 aliphatic carbocycles. The maximum absolute atomic E-state index is 13.1. The number of carbonyl (C=O) groups is 4. The number of piperidine rings is 1. The van der Waals surface area contributed by atoms with Gasteiger partial charge in [0.1, 0.15) is 17.7 Å². The lowest BCUT2D eigenvalue weighted by molar-refractivity contribution is -0.144. The van der Waals surface area contributed by atoms with Gasteiger partial charge in [0.15, 0.2) is 0 Å². The van der Waals surface area contributed by atoms with Crippen LogP contribution < -0.4 is 5.32 Å².